The second kappa shape index (κ2) is 4.96. The average Bonchev–Trinajstić information content (AvgIpc) is 2.14. The Balaban J connectivity index is 2.95. The smallest absolute Gasteiger partial charge is 0.143 e. The zero-order valence-electron chi connectivity index (χ0n) is 7.43. The first-order valence-corrected chi connectivity index (χ1v) is 5.57. The number of rotatable bonds is 3. The fraction of sp³-hybridized carbons (Fsp3) is 0.200. The van der Waals surface area contributed by atoms with Gasteiger partial charge in [0, 0.05) is 0 Å². The van der Waals surface area contributed by atoms with Crippen LogP contribution in [0.2, 0.25) is 0 Å². The summed E-state index contributed by atoms with van der Waals surface area (Å²) in [4.78, 5) is 0. The molecule has 2 nitrogen and oxygen atoms in total. The first-order valence-electron chi connectivity index (χ1n) is 3.99. The molecule has 0 aromatic heterocycles. The number of phenolic OH excluding ortho intramolecular Hbond substituents is 1. The lowest BCUT2D eigenvalue weighted by molar-refractivity contribution is 0.329. The second-order valence-corrected chi connectivity index (χ2v) is 4.70. The summed E-state index contributed by atoms with van der Waals surface area (Å²) in [5.74, 6) is 0.184. The summed E-state index contributed by atoms with van der Waals surface area (Å²) in [5.41, 5.74) is 1.73. The largest absolute Gasteiger partial charge is 0.506 e. The van der Waals surface area contributed by atoms with Crippen molar-refractivity contribution < 1.29 is 10.2 Å². The minimum absolute atomic E-state index is 0.0177. The van der Waals surface area contributed by atoms with Gasteiger partial charge in [-0.15, -0.1) is 0 Å². The van der Waals surface area contributed by atoms with E-state index in [0.29, 0.717) is 15.4 Å². The van der Waals surface area contributed by atoms with Gasteiger partial charge < -0.3 is 10.2 Å². The molecule has 0 heterocycles. The van der Waals surface area contributed by atoms with Crippen LogP contribution >= 0.6 is 31.9 Å². The van der Waals surface area contributed by atoms with E-state index in [0.717, 1.165) is 11.1 Å². The van der Waals surface area contributed by atoms with E-state index in [9.17, 15) is 5.11 Å². The summed E-state index contributed by atoms with van der Waals surface area (Å²) < 4.78 is 1.26. The van der Waals surface area contributed by atoms with Crippen LogP contribution in [0, 0.1) is 0 Å². The van der Waals surface area contributed by atoms with Crippen molar-refractivity contribution in [2.75, 3.05) is 6.61 Å². The van der Waals surface area contributed by atoms with E-state index in [1.54, 1.807) is 12.1 Å². The van der Waals surface area contributed by atoms with E-state index in [-0.39, 0.29) is 12.4 Å². The van der Waals surface area contributed by atoms with Crippen molar-refractivity contribution >= 4 is 31.9 Å². The highest BCUT2D eigenvalue weighted by Gasteiger charge is 2.06. The normalized spacial score (nSPS) is 10.2. The van der Waals surface area contributed by atoms with Crippen LogP contribution in [0.15, 0.2) is 33.2 Å². The maximum Gasteiger partial charge on any atom is 0.143 e. The van der Waals surface area contributed by atoms with Gasteiger partial charge in [0.05, 0.1) is 15.6 Å². The molecule has 76 valence electrons. The Morgan fingerprint density at radius 2 is 1.79 bits per heavy atom. The maximum absolute atomic E-state index is 9.46. The molecule has 0 spiro atoms. The van der Waals surface area contributed by atoms with Gasteiger partial charge in [-0.1, -0.05) is 6.58 Å². The van der Waals surface area contributed by atoms with Crippen LogP contribution in [0.1, 0.15) is 5.56 Å². The Labute approximate surface area is 99.5 Å². The number of aliphatic hydroxyl groups excluding tert-OH is 1. The lowest BCUT2D eigenvalue weighted by atomic mass is 10.1. The molecule has 0 saturated heterocycles. The lowest BCUT2D eigenvalue weighted by Crippen LogP contribution is -1.94. The Morgan fingerprint density at radius 3 is 2.21 bits per heavy atom. The Bertz CT molecular complexity index is 338. The molecule has 14 heavy (non-hydrogen) atoms. The van der Waals surface area contributed by atoms with Gasteiger partial charge >= 0.3 is 0 Å². The molecule has 0 fully saturated rings. The standard InChI is InChI=1S/C10H10Br2O2/c1-6(5-13)2-7-3-8(11)10(14)9(12)4-7/h3-4,13-14H,1-2,5H2. The topological polar surface area (TPSA) is 40.5 Å². The number of benzene rings is 1. The van der Waals surface area contributed by atoms with Crippen LogP contribution in [0.5, 0.6) is 5.75 Å². The molecular weight excluding hydrogens is 312 g/mol. The third kappa shape index (κ3) is 2.83. The predicted molar refractivity (Wildman–Crippen MR) is 63.4 cm³/mol. The van der Waals surface area contributed by atoms with Crippen LogP contribution in [-0.2, 0) is 6.42 Å². The van der Waals surface area contributed by atoms with Crippen molar-refractivity contribution in [3.63, 3.8) is 0 Å². The number of hydrogen-bond acceptors (Lipinski definition) is 2. The highest BCUT2D eigenvalue weighted by Crippen LogP contribution is 2.33. The van der Waals surface area contributed by atoms with E-state index in [1.165, 1.54) is 0 Å². The van der Waals surface area contributed by atoms with Gasteiger partial charge in [-0.3, -0.25) is 0 Å². The zero-order chi connectivity index (χ0) is 10.7. The molecule has 0 saturated carbocycles. The van der Waals surface area contributed by atoms with Crippen molar-refractivity contribution in [2.24, 2.45) is 0 Å². The molecule has 0 aliphatic carbocycles. The number of halogens is 2. The molecule has 0 amide bonds. The quantitative estimate of drug-likeness (QED) is 0.840. The minimum Gasteiger partial charge on any atom is -0.506 e. The average molecular weight is 322 g/mol. The van der Waals surface area contributed by atoms with Gasteiger partial charge in [0.25, 0.3) is 0 Å². The fourth-order valence-electron chi connectivity index (χ4n) is 1.06. The summed E-state index contributed by atoms with van der Waals surface area (Å²) in [7, 11) is 0. The van der Waals surface area contributed by atoms with Gasteiger partial charge in [0.15, 0.2) is 0 Å². The van der Waals surface area contributed by atoms with E-state index >= 15 is 0 Å². The summed E-state index contributed by atoms with van der Waals surface area (Å²) >= 11 is 6.47. The molecule has 0 aliphatic rings. The Morgan fingerprint density at radius 1 is 1.29 bits per heavy atom. The molecule has 4 heteroatoms. The number of phenols is 1. The van der Waals surface area contributed by atoms with Crippen LogP contribution in [0.25, 0.3) is 0 Å². The summed E-state index contributed by atoms with van der Waals surface area (Å²) in [6.45, 7) is 3.69. The van der Waals surface area contributed by atoms with E-state index in [1.807, 2.05) is 0 Å². The fourth-order valence-corrected chi connectivity index (χ4v) is 2.35. The van der Waals surface area contributed by atoms with Crippen molar-refractivity contribution in [1.29, 1.82) is 0 Å². The van der Waals surface area contributed by atoms with Crippen molar-refractivity contribution in [3.8, 4) is 5.75 Å². The van der Waals surface area contributed by atoms with Gasteiger partial charge in [-0.05, 0) is 61.5 Å². The second-order valence-electron chi connectivity index (χ2n) is 2.99. The number of aromatic hydroxyl groups is 1. The van der Waals surface area contributed by atoms with Crippen molar-refractivity contribution in [3.05, 3.63) is 38.8 Å². The Kier molecular flexibility index (Phi) is 4.16. The number of hydrogen-bond donors (Lipinski definition) is 2. The molecule has 0 radical (unpaired) electrons. The molecule has 0 aliphatic heterocycles. The van der Waals surface area contributed by atoms with E-state index < -0.39 is 0 Å². The molecule has 0 atom stereocenters. The molecule has 1 rings (SSSR count). The molecule has 0 unspecified atom stereocenters. The molecule has 1 aromatic carbocycles. The molecule has 1 aromatic rings. The van der Waals surface area contributed by atoms with Crippen LogP contribution in [0.3, 0.4) is 0 Å². The highest BCUT2D eigenvalue weighted by atomic mass is 79.9. The van der Waals surface area contributed by atoms with Crippen molar-refractivity contribution in [1.82, 2.24) is 0 Å². The van der Waals surface area contributed by atoms with Gasteiger partial charge in [-0.25, -0.2) is 0 Å². The van der Waals surface area contributed by atoms with Crippen molar-refractivity contribution in [2.45, 2.75) is 6.42 Å². The van der Waals surface area contributed by atoms with E-state index in [2.05, 4.69) is 38.4 Å². The summed E-state index contributed by atoms with van der Waals surface area (Å²) in [5, 5.41) is 18.3. The van der Waals surface area contributed by atoms with Crippen LogP contribution in [0.4, 0.5) is 0 Å². The Hall–Kier alpha value is -0.320. The number of aliphatic hydroxyl groups is 1. The third-order valence-corrected chi connectivity index (χ3v) is 2.96. The first-order chi connectivity index (χ1) is 6.54. The third-order valence-electron chi connectivity index (χ3n) is 1.75. The monoisotopic (exact) mass is 320 g/mol. The first kappa shape index (κ1) is 11.8. The lowest BCUT2D eigenvalue weighted by Gasteiger charge is -2.06. The predicted octanol–water partition coefficient (Wildman–Crippen LogP) is 3.01. The van der Waals surface area contributed by atoms with Crippen LogP contribution in [-0.4, -0.2) is 16.8 Å². The minimum atomic E-state index is -0.0177. The maximum atomic E-state index is 9.46. The highest BCUT2D eigenvalue weighted by molar-refractivity contribution is 9.11. The van der Waals surface area contributed by atoms with Gasteiger partial charge in [0.2, 0.25) is 0 Å². The SMILES string of the molecule is C=C(CO)Cc1cc(Br)c(O)c(Br)c1. The van der Waals surface area contributed by atoms with Crippen LogP contribution < -0.4 is 0 Å². The molecule has 2 N–H and O–H groups in total. The van der Waals surface area contributed by atoms with Gasteiger partial charge in [0.1, 0.15) is 5.75 Å². The molecule has 0 bridgehead atoms. The zero-order valence-corrected chi connectivity index (χ0v) is 10.6. The summed E-state index contributed by atoms with van der Waals surface area (Å²) in [6, 6.07) is 3.61. The van der Waals surface area contributed by atoms with Gasteiger partial charge in [-0.2, -0.15) is 0 Å². The summed E-state index contributed by atoms with van der Waals surface area (Å²) in [6.07, 6.45) is 0.605. The van der Waals surface area contributed by atoms with E-state index in [4.69, 9.17) is 5.11 Å². The molecular formula is C10H10Br2O2.